The average molecular weight is 159 g/mol. The van der Waals surface area contributed by atoms with Crippen LogP contribution in [0.1, 0.15) is 13.8 Å². The van der Waals surface area contributed by atoms with Crippen molar-refractivity contribution in [2.45, 2.75) is 31.9 Å². The standard InChI is InChI=1S/C5H9ClF2O/c1-3(2)9-4(6)5(7)8/h3-5H,1-2H3. The summed E-state index contributed by atoms with van der Waals surface area (Å²) in [6.45, 7) is 3.30. The number of hydrogen-bond donors (Lipinski definition) is 0. The zero-order chi connectivity index (χ0) is 7.44. The Hall–Kier alpha value is 0.110. The van der Waals surface area contributed by atoms with Crippen molar-refractivity contribution in [3.63, 3.8) is 0 Å². The molecule has 9 heavy (non-hydrogen) atoms. The quantitative estimate of drug-likeness (QED) is 0.573. The topological polar surface area (TPSA) is 9.23 Å². The van der Waals surface area contributed by atoms with Crippen LogP contribution in [0.3, 0.4) is 0 Å². The Bertz CT molecular complexity index is 77.4. The summed E-state index contributed by atoms with van der Waals surface area (Å²) < 4.78 is 27.6. The first-order valence-corrected chi connectivity index (χ1v) is 3.05. The van der Waals surface area contributed by atoms with Gasteiger partial charge in [-0.2, -0.15) is 0 Å². The fraction of sp³-hybridized carbons (Fsp3) is 1.00. The van der Waals surface area contributed by atoms with Gasteiger partial charge in [-0.25, -0.2) is 8.78 Å². The van der Waals surface area contributed by atoms with Crippen molar-refractivity contribution in [3.05, 3.63) is 0 Å². The van der Waals surface area contributed by atoms with Crippen molar-refractivity contribution in [2.24, 2.45) is 0 Å². The smallest absolute Gasteiger partial charge is 0.278 e. The van der Waals surface area contributed by atoms with Crippen LogP contribution in [0.15, 0.2) is 0 Å². The number of hydrogen-bond acceptors (Lipinski definition) is 1. The lowest BCUT2D eigenvalue weighted by Gasteiger charge is -2.11. The highest BCUT2D eigenvalue weighted by molar-refractivity contribution is 6.20. The van der Waals surface area contributed by atoms with Crippen LogP contribution in [0.5, 0.6) is 0 Å². The zero-order valence-electron chi connectivity index (χ0n) is 5.27. The summed E-state index contributed by atoms with van der Waals surface area (Å²) in [6, 6.07) is 0. The van der Waals surface area contributed by atoms with Gasteiger partial charge in [0.05, 0.1) is 6.10 Å². The van der Waals surface area contributed by atoms with Gasteiger partial charge in [0.2, 0.25) is 0 Å². The molecule has 0 aliphatic heterocycles. The van der Waals surface area contributed by atoms with E-state index in [1.165, 1.54) is 0 Å². The van der Waals surface area contributed by atoms with E-state index >= 15 is 0 Å². The molecule has 0 spiro atoms. The maximum Gasteiger partial charge on any atom is 0.278 e. The largest absolute Gasteiger partial charge is 0.354 e. The van der Waals surface area contributed by atoms with E-state index in [-0.39, 0.29) is 6.10 Å². The molecule has 0 rings (SSSR count). The fourth-order valence-corrected chi connectivity index (χ4v) is 0.525. The molecule has 0 saturated heterocycles. The van der Waals surface area contributed by atoms with E-state index < -0.39 is 12.0 Å². The summed E-state index contributed by atoms with van der Waals surface area (Å²) in [5, 5.41) is 0. The third-order valence-electron chi connectivity index (χ3n) is 0.600. The summed E-state index contributed by atoms with van der Waals surface area (Å²) in [5.74, 6) is 0. The van der Waals surface area contributed by atoms with Gasteiger partial charge in [0, 0.05) is 0 Å². The first kappa shape index (κ1) is 9.11. The minimum atomic E-state index is -2.60. The lowest BCUT2D eigenvalue weighted by Crippen LogP contribution is -2.19. The molecule has 1 unspecified atom stereocenters. The molecule has 1 atom stereocenters. The molecule has 0 radical (unpaired) electrons. The maximum atomic E-state index is 11.5. The molecule has 0 bridgehead atoms. The van der Waals surface area contributed by atoms with Crippen molar-refractivity contribution in [2.75, 3.05) is 0 Å². The monoisotopic (exact) mass is 158 g/mol. The van der Waals surface area contributed by atoms with Crippen LogP contribution in [0.4, 0.5) is 8.78 Å². The molecule has 0 amide bonds. The van der Waals surface area contributed by atoms with E-state index in [0.29, 0.717) is 0 Å². The second-order valence-electron chi connectivity index (χ2n) is 1.87. The Labute approximate surface area is 57.9 Å². The summed E-state index contributed by atoms with van der Waals surface area (Å²) in [7, 11) is 0. The highest BCUT2D eigenvalue weighted by Crippen LogP contribution is 2.11. The predicted molar refractivity (Wildman–Crippen MR) is 31.9 cm³/mol. The Morgan fingerprint density at radius 3 is 1.89 bits per heavy atom. The Morgan fingerprint density at radius 1 is 1.33 bits per heavy atom. The van der Waals surface area contributed by atoms with Crippen LogP contribution in [0.2, 0.25) is 0 Å². The van der Waals surface area contributed by atoms with Crippen molar-refractivity contribution in [3.8, 4) is 0 Å². The van der Waals surface area contributed by atoms with E-state index in [9.17, 15) is 8.78 Å². The van der Waals surface area contributed by atoms with Crippen LogP contribution in [0.25, 0.3) is 0 Å². The number of alkyl halides is 3. The first-order valence-electron chi connectivity index (χ1n) is 2.61. The summed E-state index contributed by atoms with van der Waals surface area (Å²) in [6.07, 6.45) is -2.85. The molecule has 0 heterocycles. The maximum absolute atomic E-state index is 11.5. The first-order chi connectivity index (χ1) is 4.04. The van der Waals surface area contributed by atoms with Crippen LogP contribution >= 0.6 is 11.6 Å². The molecular weight excluding hydrogens is 150 g/mol. The van der Waals surface area contributed by atoms with Gasteiger partial charge < -0.3 is 4.74 Å². The molecule has 4 heteroatoms. The van der Waals surface area contributed by atoms with Gasteiger partial charge in [0.25, 0.3) is 6.43 Å². The Kier molecular flexibility index (Phi) is 4.06. The second kappa shape index (κ2) is 4.01. The van der Waals surface area contributed by atoms with E-state index in [1.54, 1.807) is 13.8 Å². The molecule has 0 fully saturated rings. The SMILES string of the molecule is CC(C)OC(Cl)C(F)F. The molecule has 0 N–H and O–H groups in total. The van der Waals surface area contributed by atoms with Gasteiger partial charge in [-0.3, -0.25) is 0 Å². The second-order valence-corrected chi connectivity index (χ2v) is 2.30. The predicted octanol–water partition coefficient (Wildman–Crippen LogP) is 2.24. The normalized spacial score (nSPS) is 15.0. The summed E-state index contributed by atoms with van der Waals surface area (Å²) >= 11 is 5.04. The molecule has 1 nitrogen and oxygen atoms in total. The number of halogens is 3. The van der Waals surface area contributed by atoms with Gasteiger partial charge >= 0.3 is 0 Å². The van der Waals surface area contributed by atoms with Gasteiger partial charge in [0.1, 0.15) is 0 Å². The van der Waals surface area contributed by atoms with Crippen molar-refractivity contribution in [1.82, 2.24) is 0 Å². The third kappa shape index (κ3) is 4.60. The molecular formula is C5H9ClF2O. The van der Waals surface area contributed by atoms with Crippen molar-refractivity contribution < 1.29 is 13.5 Å². The molecule has 0 aromatic carbocycles. The number of rotatable bonds is 3. The highest BCUT2D eigenvalue weighted by atomic mass is 35.5. The van der Waals surface area contributed by atoms with E-state index in [2.05, 4.69) is 4.74 Å². The van der Waals surface area contributed by atoms with Crippen molar-refractivity contribution in [1.29, 1.82) is 0 Å². The van der Waals surface area contributed by atoms with Crippen LogP contribution in [0, 0.1) is 0 Å². The zero-order valence-corrected chi connectivity index (χ0v) is 6.03. The van der Waals surface area contributed by atoms with Crippen LogP contribution in [-0.4, -0.2) is 18.1 Å². The molecule has 0 saturated carbocycles. The highest BCUT2D eigenvalue weighted by Gasteiger charge is 2.18. The third-order valence-corrected chi connectivity index (χ3v) is 0.894. The number of ether oxygens (including phenoxy) is 1. The molecule has 0 aliphatic carbocycles. The average Bonchev–Trinajstić information content (AvgIpc) is 1.63. The summed E-state index contributed by atoms with van der Waals surface area (Å²) in [5.41, 5.74) is -1.47. The van der Waals surface area contributed by atoms with Crippen molar-refractivity contribution >= 4 is 11.6 Å². The van der Waals surface area contributed by atoms with E-state index in [4.69, 9.17) is 11.6 Å². The van der Waals surface area contributed by atoms with Gasteiger partial charge in [-0.05, 0) is 13.8 Å². The molecule has 56 valence electrons. The van der Waals surface area contributed by atoms with Gasteiger partial charge in [-0.1, -0.05) is 11.6 Å². The molecule has 0 aliphatic rings. The Balaban J connectivity index is 3.38. The fourth-order valence-electron chi connectivity index (χ4n) is 0.319. The summed E-state index contributed by atoms with van der Waals surface area (Å²) in [4.78, 5) is 0. The molecule has 0 aromatic rings. The lowest BCUT2D eigenvalue weighted by molar-refractivity contribution is -0.0364. The van der Waals surface area contributed by atoms with Crippen LogP contribution in [-0.2, 0) is 4.74 Å². The van der Waals surface area contributed by atoms with E-state index in [0.717, 1.165) is 0 Å². The van der Waals surface area contributed by atoms with E-state index in [1.807, 2.05) is 0 Å². The Morgan fingerprint density at radius 2 is 1.78 bits per heavy atom. The van der Waals surface area contributed by atoms with Gasteiger partial charge in [0.15, 0.2) is 5.56 Å². The minimum Gasteiger partial charge on any atom is -0.354 e. The van der Waals surface area contributed by atoms with Gasteiger partial charge in [-0.15, -0.1) is 0 Å². The molecule has 0 aromatic heterocycles. The van der Waals surface area contributed by atoms with Crippen LogP contribution < -0.4 is 0 Å². The minimum absolute atomic E-state index is 0.249. The lowest BCUT2D eigenvalue weighted by atomic mass is 10.5.